The number of aromatic nitrogens is 2. The summed E-state index contributed by atoms with van der Waals surface area (Å²) in [7, 11) is 0. The number of rotatable bonds is 6. The summed E-state index contributed by atoms with van der Waals surface area (Å²) < 4.78 is 5.67. The quantitative estimate of drug-likeness (QED) is 0.609. The largest absolute Gasteiger partial charge is 0.492 e. The van der Waals surface area contributed by atoms with Crippen molar-refractivity contribution in [3.8, 4) is 5.75 Å². The minimum Gasteiger partial charge on any atom is -0.492 e. The van der Waals surface area contributed by atoms with Crippen LogP contribution in [0.3, 0.4) is 0 Å². The highest BCUT2D eigenvalue weighted by Gasteiger charge is 2.25. The molecule has 1 fully saturated rings. The number of ether oxygens (including phenoxy) is 1. The van der Waals surface area contributed by atoms with Gasteiger partial charge in [-0.25, -0.2) is 0 Å². The molecule has 1 amide bonds. The molecule has 0 spiro atoms. The highest BCUT2D eigenvalue weighted by atomic mass is 35.5. The lowest BCUT2D eigenvalue weighted by Gasteiger charge is -2.32. The number of hydrogen-bond donors (Lipinski definition) is 1. The molecule has 1 aliphatic heterocycles. The Kier molecular flexibility index (Phi) is 5.81. The van der Waals surface area contributed by atoms with Crippen molar-refractivity contribution >= 4 is 28.5 Å². The first-order chi connectivity index (χ1) is 13.7. The average Bonchev–Trinajstić information content (AvgIpc) is 3.16. The zero-order chi connectivity index (χ0) is 19.3. The number of nitrogens with one attached hydrogen (secondary N) is 1. The second-order valence-electron chi connectivity index (χ2n) is 7.18. The first-order valence-corrected chi connectivity index (χ1v) is 10.2. The third kappa shape index (κ3) is 4.14. The second kappa shape index (κ2) is 8.65. The predicted molar refractivity (Wildman–Crippen MR) is 111 cm³/mol. The SMILES string of the molecule is O=C(CCCOc1ccccc1Cl)N1CCC(c2c[nH]c3cccnc23)CC1. The molecule has 0 aliphatic carbocycles. The number of H-pyrrole nitrogens is 1. The van der Waals surface area contributed by atoms with Crippen LogP contribution in [0.25, 0.3) is 11.0 Å². The van der Waals surface area contributed by atoms with Crippen LogP contribution in [0.5, 0.6) is 5.75 Å². The normalized spacial score (nSPS) is 15.1. The van der Waals surface area contributed by atoms with E-state index in [1.165, 1.54) is 5.56 Å². The van der Waals surface area contributed by atoms with E-state index >= 15 is 0 Å². The van der Waals surface area contributed by atoms with Gasteiger partial charge in [-0.05, 0) is 55.0 Å². The van der Waals surface area contributed by atoms with Crippen LogP contribution in [-0.2, 0) is 4.79 Å². The fraction of sp³-hybridized carbons (Fsp3) is 0.364. The summed E-state index contributed by atoms with van der Waals surface area (Å²) in [5.74, 6) is 1.33. The van der Waals surface area contributed by atoms with Gasteiger partial charge in [-0.1, -0.05) is 23.7 Å². The maximum Gasteiger partial charge on any atom is 0.222 e. The Labute approximate surface area is 169 Å². The van der Waals surface area contributed by atoms with Crippen LogP contribution in [0, 0.1) is 0 Å². The lowest BCUT2D eigenvalue weighted by molar-refractivity contribution is -0.132. The Balaban J connectivity index is 1.23. The number of amides is 1. The Morgan fingerprint density at radius 3 is 2.86 bits per heavy atom. The lowest BCUT2D eigenvalue weighted by Crippen LogP contribution is -2.37. The van der Waals surface area contributed by atoms with Crippen LogP contribution in [0.1, 0.15) is 37.2 Å². The van der Waals surface area contributed by atoms with Gasteiger partial charge in [0.15, 0.2) is 0 Å². The molecule has 1 saturated heterocycles. The molecule has 0 atom stereocenters. The maximum absolute atomic E-state index is 12.5. The number of benzene rings is 1. The van der Waals surface area contributed by atoms with Gasteiger partial charge in [0.1, 0.15) is 5.75 Å². The summed E-state index contributed by atoms with van der Waals surface area (Å²) in [5.41, 5.74) is 3.41. The molecule has 1 aliphatic rings. The first kappa shape index (κ1) is 18.8. The second-order valence-corrected chi connectivity index (χ2v) is 7.59. The molecule has 0 unspecified atom stereocenters. The standard InChI is InChI=1S/C22H24ClN3O2/c23-18-5-1-2-7-20(18)28-14-4-8-21(27)26-12-9-16(10-13-26)17-15-25-19-6-3-11-24-22(17)19/h1-3,5-7,11,15-16,25H,4,8-10,12-14H2. The van der Waals surface area contributed by atoms with E-state index in [0.717, 1.165) is 37.0 Å². The Bertz CT molecular complexity index is 948. The molecular weight excluding hydrogens is 374 g/mol. The number of carbonyl (C=O) groups is 1. The highest BCUT2D eigenvalue weighted by Crippen LogP contribution is 2.32. The fourth-order valence-electron chi connectivity index (χ4n) is 3.85. The molecule has 3 aromatic rings. The summed E-state index contributed by atoms with van der Waals surface area (Å²) in [6, 6.07) is 11.4. The van der Waals surface area contributed by atoms with Crippen LogP contribution in [0.15, 0.2) is 48.8 Å². The molecule has 3 heterocycles. The van der Waals surface area contributed by atoms with Crippen molar-refractivity contribution in [1.82, 2.24) is 14.9 Å². The van der Waals surface area contributed by atoms with Crippen molar-refractivity contribution in [1.29, 1.82) is 0 Å². The number of para-hydroxylation sites is 1. The topological polar surface area (TPSA) is 58.2 Å². The van der Waals surface area contributed by atoms with E-state index in [4.69, 9.17) is 16.3 Å². The summed E-state index contributed by atoms with van der Waals surface area (Å²) in [6.45, 7) is 2.09. The molecule has 146 valence electrons. The third-order valence-corrected chi connectivity index (χ3v) is 5.69. The minimum absolute atomic E-state index is 0.207. The van der Waals surface area contributed by atoms with Gasteiger partial charge >= 0.3 is 0 Å². The molecule has 4 rings (SSSR count). The number of carbonyl (C=O) groups excluding carboxylic acids is 1. The van der Waals surface area contributed by atoms with E-state index in [2.05, 4.69) is 22.2 Å². The molecule has 6 heteroatoms. The Morgan fingerprint density at radius 1 is 1.21 bits per heavy atom. The number of halogens is 1. The van der Waals surface area contributed by atoms with Gasteiger partial charge in [0.05, 0.1) is 22.7 Å². The zero-order valence-electron chi connectivity index (χ0n) is 15.7. The van der Waals surface area contributed by atoms with Crippen molar-refractivity contribution in [3.63, 3.8) is 0 Å². The number of pyridine rings is 1. The number of aromatic amines is 1. The van der Waals surface area contributed by atoms with Crippen molar-refractivity contribution in [2.24, 2.45) is 0 Å². The number of likely N-dealkylation sites (tertiary alicyclic amines) is 1. The summed E-state index contributed by atoms with van der Waals surface area (Å²) in [6.07, 6.45) is 7.06. The minimum atomic E-state index is 0.207. The molecule has 0 bridgehead atoms. The van der Waals surface area contributed by atoms with Gasteiger partial charge in [-0.15, -0.1) is 0 Å². The number of hydrogen-bond acceptors (Lipinski definition) is 3. The van der Waals surface area contributed by atoms with Gasteiger partial charge in [0, 0.05) is 31.9 Å². The highest BCUT2D eigenvalue weighted by molar-refractivity contribution is 6.32. The van der Waals surface area contributed by atoms with Crippen molar-refractivity contribution < 1.29 is 9.53 Å². The average molecular weight is 398 g/mol. The van der Waals surface area contributed by atoms with Gasteiger partial charge in [-0.3, -0.25) is 9.78 Å². The number of nitrogens with zero attached hydrogens (tertiary/aromatic N) is 2. The van der Waals surface area contributed by atoms with Gasteiger partial charge in [0.2, 0.25) is 5.91 Å². The van der Waals surface area contributed by atoms with E-state index in [1.807, 2.05) is 35.4 Å². The molecule has 5 nitrogen and oxygen atoms in total. The fourth-order valence-corrected chi connectivity index (χ4v) is 4.04. The van der Waals surface area contributed by atoms with Crippen LogP contribution in [0.4, 0.5) is 0 Å². The summed E-state index contributed by atoms with van der Waals surface area (Å²) in [4.78, 5) is 22.3. The molecule has 0 saturated carbocycles. The molecule has 1 aromatic carbocycles. The van der Waals surface area contributed by atoms with Crippen molar-refractivity contribution in [3.05, 3.63) is 59.4 Å². The van der Waals surface area contributed by atoms with E-state index in [9.17, 15) is 4.79 Å². The molecule has 2 aromatic heterocycles. The number of fused-ring (bicyclic) bond motifs is 1. The van der Waals surface area contributed by atoms with E-state index in [0.29, 0.717) is 36.1 Å². The van der Waals surface area contributed by atoms with Crippen LogP contribution >= 0.6 is 11.6 Å². The number of piperidine rings is 1. The predicted octanol–water partition coefficient (Wildman–Crippen LogP) is 4.78. The van der Waals surface area contributed by atoms with Crippen molar-refractivity contribution in [2.45, 2.75) is 31.6 Å². The van der Waals surface area contributed by atoms with E-state index in [-0.39, 0.29) is 5.91 Å². The van der Waals surface area contributed by atoms with Gasteiger partial charge < -0.3 is 14.6 Å². The third-order valence-electron chi connectivity index (χ3n) is 5.38. The van der Waals surface area contributed by atoms with Crippen LogP contribution in [-0.4, -0.2) is 40.5 Å². The molecular formula is C22H24ClN3O2. The Morgan fingerprint density at radius 2 is 2.04 bits per heavy atom. The van der Waals surface area contributed by atoms with Gasteiger partial charge in [-0.2, -0.15) is 0 Å². The first-order valence-electron chi connectivity index (χ1n) is 9.79. The van der Waals surface area contributed by atoms with Crippen molar-refractivity contribution in [2.75, 3.05) is 19.7 Å². The van der Waals surface area contributed by atoms with Gasteiger partial charge in [0.25, 0.3) is 0 Å². The summed E-state index contributed by atoms with van der Waals surface area (Å²) in [5, 5.41) is 0.600. The molecule has 1 N–H and O–H groups in total. The van der Waals surface area contributed by atoms with E-state index in [1.54, 1.807) is 6.07 Å². The smallest absolute Gasteiger partial charge is 0.222 e. The van der Waals surface area contributed by atoms with E-state index < -0.39 is 0 Å². The monoisotopic (exact) mass is 397 g/mol. The van der Waals surface area contributed by atoms with Crippen LogP contribution in [0.2, 0.25) is 5.02 Å². The summed E-state index contributed by atoms with van der Waals surface area (Å²) >= 11 is 6.07. The zero-order valence-corrected chi connectivity index (χ0v) is 16.5. The molecule has 0 radical (unpaired) electrons. The van der Waals surface area contributed by atoms with Crippen LogP contribution < -0.4 is 4.74 Å². The Hall–Kier alpha value is -2.53. The maximum atomic E-state index is 12.5. The molecule has 28 heavy (non-hydrogen) atoms. The lowest BCUT2D eigenvalue weighted by atomic mass is 9.90.